The van der Waals surface area contributed by atoms with Crippen LogP contribution in [0.25, 0.3) is 0 Å². The first-order chi connectivity index (χ1) is 5.34. The largest absolute Gasteiger partial charge is 0.325 e. The zero-order valence-electron chi connectivity index (χ0n) is 6.36. The van der Waals surface area contributed by atoms with E-state index in [2.05, 4.69) is 22.4 Å². The molecule has 0 bridgehead atoms. The highest BCUT2D eigenvalue weighted by molar-refractivity contribution is 7.09. The molecule has 0 aliphatic carbocycles. The van der Waals surface area contributed by atoms with Crippen molar-refractivity contribution in [3.63, 3.8) is 0 Å². The van der Waals surface area contributed by atoms with Gasteiger partial charge in [-0.15, -0.1) is 11.3 Å². The van der Waals surface area contributed by atoms with Crippen molar-refractivity contribution in [2.45, 2.75) is 12.6 Å². The molecule has 0 aromatic carbocycles. The maximum absolute atomic E-state index is 5.66. The number of hydrogen-bond acceptors (Lipinski definition) is 3. The van der Waals surface area contributed by atoms with E-state index in [0.717, 1.165) is 19.6 Å². The van der Waals surface area contributed by atoms with Crippen molar-refractivity contribution in [3.8, 4) is 0 Å². The van der Waals surface area contributed by atoms with Crippen molar-refractivity contribution in [1.82, 2.24) is 4.90 Å². The SMILES string of the molecule is NC1CN(Cc2cccs2)C1. The Morgan fingerprint density at radius 2 is 2.45 bits per heavy atom. The Bertz CT molecular complexity index is 214. The maximum atomic E-state index is 5.66. The lowest BCUT2D eigenvalue weighted by Gasteiger charge is -2.36. The van der Waals surface area contributed by atoms with E-state index in [-0.39, 0.29) is 0 Å². The van der Waals surface area contributed by atoms with Crippen LogP contribution in [-0.2, 0) is 6.54 Å². The molecule has 2 rings (SSSR count). The summed E-state index contributed by atoms with van der Waals surface area (Å²) in [6.45, 7) is 3.22. The molecule has 0 spiro atoms. The summed E-state index contributed by atoms with van der Waals surface area (Å²) in [7, 11) is 0. The Balaban J connectivity index is 1.84. The van der Waals surface area contributed by atoms with E-state index in [1.807, 2.05) is 11.3 Å². The van der Waals surface area contributed by atoms with E-state index >= 15 is 0 Å². The summed E-state index contributed by atoms with van der Waals surface area (Å²) in [5.74, 6) is 0. The van der Waals surface area contributed by atoms with Gasteiger partial charge in [-0.1, -0.05) is 6.07 Å². The fourth-order valence-electron chi connectivity index (χ4n) is 1.36. The van der Waals surface area contributed by atoms with Gasteiger partial charge in [-0.05, 0) is 11.4 Å². The van der Waals surface area contributed by atoms with Gasteiger partial charge in [-0.3, -0.25) is 4.90 Å². The van der Waals surface area contributed by atoms with Crippen molar-refractivity contribution >= 4 is 11.3 Å². The fraction of sp³-hybridized carbons (Fsp3) is 0.500. The predicted molar refractivity (Wildman–Crippen MR) is 47.6 cm³/mol. The molecule has 0 radical (unpaired) electrons. The highest BCUT2D eigenvalue weighted by Gasteiger charge is 2.22. The summed E-state index contributed by atoms with van der Waals surface area (Å²) < 4.78 is 0. The number of likely N-dealkylation sites (tertiary alicyclic amines) is 1. The molecule has 3 heteroatoms. The summed E-state index contributed by atoms with van der Waals surface area (Å²) in [6.07, 6.45) is 0. The van der Waals surface area contributed by atoms with Gasteiger partial charge in [-0.2, -0.15) is 0 Å². The Labute approximate surface area is 70.6 Å². The minimum Gasteiger partial charge on any atom is -0.325 e. The van der Waals surface area contributed by atoms with Crippen molar-refractivity contribution in [2.75, 3.05) is 13.1 Å². The molecule has 2 N–H and O–H groups in total. The maximum Gasteiger partial charge on any atom is 0.0329 e. The first kappa shape index (κ1) is 7.28. The van der Waals surface area contributed by atoms with Crippen LogP contribution in [0.4, 0.5) is 0 Å². The van der Waals surface area contributed by atoms with Gasteiger partial charge in [0.05, 0.1) is 0 Å². The minimum atomic E-state index is 0.426. The topological polar surface area (TPSA) is 29.3 Å². The van der Waals surface area contributed by atoms with E-state index in [1.165, 1.54) is 4.88 Å². The van der Waals surface area contributed by atoms with Gasteiger partial charge >= 0.3 is 0 Å². The molecule has 1 aliphatic heterocycles. The van der Waals surface area contributed by atoms with Crippen LogP contribution in [0.2, 0.25) is 0 Å². The molecule has 1 fully saturated rings. The molecule has 0 amide bonds. The Kier molecular flexibility index (Phi) is 1.94. The number of nitrogens with two attached hydrogens (primary N) is 1. The normalized spacial score (nSPS) is 20.1. The third kappa shape index (κ3) is 1.61. The van der Waals surface area contributed by atoms with Gasteiger partial charge in [0.25, 0.3) is 0 Å². The van der Waals surface area contributed by atoms with Gasteiger partial charge in [0, 0.05) is 30.6 Å². The highest BCUT2D eigenvalue weighted by Crippen LogP contribution is 2.15. The van der Waals surface area contributed by atoms with Crippen molar-refractivity contribution in [1.29, 1.82) is 0 Å². The van der Waals surface area contributed by atoms with Gasteiger partial charge in [0.1, 0.15) is 0 Å². The zero-order chi connectivity index (χ0) is 7.68. The molecule has 1 aromatic heterocycles. The number of nitrogens with zero attached hydrogens (tertiary/aromatic N) is 1. The molecule has 1 aliphatic rings. The second kappa shape index (κ2) is 2.93. The first-order valence-corrected chi connectivity index (χ1v) is 4.73. The summed E-state index contributed by atoms with van der Waals surface area (Å²) in [4.78, 5) is 3.81. The van der Waals surface area contributed by atoms with E-state index in [4.69, 9.17) is 5.73 Å². The average molecular weight is 168 g/mol. The number of thiophene rings is 1. The lowest BCUT2D eigenvalue weighted by Crippen LogP contribution is -2.54. The van der Waals surface area contributed by atoms with Gasteiger partial charge in [0.2, 0.25) is 0 Å². The lowest BCUT2D eigenvalue weighted by atomic mass is 10.1. The minimum absolute atomic E-state index is 0.426. The van der Waals surface area contributed by atoms with Gasteiger partial charge in [-0.25, -0.2) is 0 Å². The summed E-state index contributed by atoms with van der Waals surface area (Å²) >= 11 is 1.82. The van der Waals surface area contributed by atoms with Crippen molar-refractivity contribution in [3.05, 3.63) is 22.4 Å². The molecule has 2 nitrogen and oxygen atoms in total. The molecule has 0 saturated carbocycles. The molecule has 1 saturated heterocycles. The van der Waals surface area contributed by atoms with E-state index in [9.17, 15) is 0 Å². The standard InChI is InChI=1S/C8H12N2S/c9-7-4-10(5-7)6-8-2-1-3-11-8/h1-3,7H,4-6,9H2. The summed E-state index contributed by atoms with van der Waals surface area (Å²) in [5, 5.41) is 2.12. The zero-order valence-corrected chi connectivity index (χ0v) is 7.18. The van der Waals surface area contributed by atoms with Crippen LogP contribution in [0.3, 0.4) is 0 Å². The third-order valence-corrected chi connectivity index (χ3v) is 2.81. The average Bonchev–Trinajstić information content (AvgIpc) is 2.36. The fourth-order valence-corrected chi connectivity index (χ4v) is 2.11. The smallest absolute Gasteiger partial charge is 0.0329 e. The third-order valence-electron chi connectivity index (χ3n) is 1.94. The quantitative estimate of drug-likeness (QED) is 0.710. The van der Waals surface area contributed by atoms with E-state index in [0.29, 0.717) is 6.04 Å². The van der Waals surface area contributed by atoms with E-state index < -0.39 is 0 Å². The Morgan fingerprint density at radius 1 is 1.64 bits per heavy atom. The molecule has 60 valence electrons. The van der Waals surface area contributed by atoms with Crippen LogP contribution in [0.1, 0.15) is 4.88 Å². The molecular weight excluding hydrogens is 156 g/mol. The first-order valence-electron chi connectivity index (χ1n) is 3.85. The monoisotopic (exact) mass is 168 g/mol. The summed E-state index contributed by atoms with van der Waals surface area (Å²) in [5.41, 5.74) is 5.66. The van der Waals surface area contributed by atoms with Crippen LogP contribution in [-0.4, -0.2) is 24.0 Å². The van der Waals surface area contributed by atoms with Crippen LogP contribution < -0.4 is 5.73 Å². The van der Waals surface area contributed by atoms with Crippen LogP contribution in [0, 0.1) is 0 Å². The van der Waals surface area contributed by atoms with Gasteiger partial charge < -0.3 is 5.73 Å². The molecule has 11 heavy (non-hydrogen) atoms. The van der Waals surface area contributed by atoms with Crippen LogP contribution >= 0.6 is 11.3 Å². The number of rotatable bonds is 2. The Morgan fingerprint density at radius 3 is 3.00 bits per heavy atom. The second-order valence-corrected chi connectivity index (χ2v) is 4.07. The molecule has 2 heterocycles. The highest BCUT2D eigenvalue weighted by atomic mass is 32.1. The van der Waals surface area contributed by atoms with Crippen LogP contribution in [0.5, 0.6) is 0 Å². The lowest BCUT2D eigenvalue weighted by molar-refractivity contribution is 0.144. The summed E-state index contributed by atoms with van der Waals surface area (Å²) in [6, 6.07) is 4.70. The predicted octanol–water partition coefficient (Wildman–Crippen LogP) is 0.891. The van der Waals surface area contributed by atoms with E-state index in [1.54, 1.807) is 0 Å². The van der Waals surface area contributed by atoms with Crippen LogP contribution in [0.15, 0.2) is 17.5 Å². The molecule has 1 aromatic rings. The Hall–Kier alpha value is -0.380. The number of hydrogen-bond donors (Lipinski definition) is 1. The molecule has 0 atom stereocenters. The van der Waals surface area contributed by atoms with Crippen molar-refractivity contribution in [2.24, 2.45) is 5.73 Å². The molecule has 0 unspecified atom stereocenters. The second-order valence-electron chi connectivity index (χ2n) is 3.03. The molecular formula is C8H12N2S. The van der Waals surface area contributed by atoms with Crippen molar-refractivity contribution < 1.29 is 0 Å². The van der Waals surface area contributed by atoms with Gasteiger partial charge in [0.15, 0.2) is 0 Å².